The highest BCUT2D eigenvalue weighted by Crippen LogP contribution is 2.52. The fraction of sp³-hybridized carbons (Fsp3) is 0.286. The van der Waals surface area contributed by atoms with E-state index in [0.717, 1.165) is 15.6 Å². The van der Waals surface area contributed by atoms with Crippen molar-refractivity contribution in [2.24, 2.45) is 0 Å². The zero-order chi connectivity index (χ0) is 25.5. The summed E-state index contributed by atoms with van der Waals surface area (Å²) in [6.07, 6.45) is 0.671. The van der Waals surface area contributed by atoms with Crippen LogP contribution in [0.2, 0.25) is 0 Å². The molecule has 0 radical (unpaired) electrons. The number of hydrogen-bond donors (Lipinski definition) is 3. The normalized spacial score (nSPS) is 18.5. The summed E-state index contributed by atoms with van der Waals surface area (Å²) in [5, 5.41) is 16.9. The van der Waals surface area contributed by atoms with E-state index in [2.05, 4.69) is 45.6 Å². The maximum absolute atomic E-state index is 13.2. The molecule has 0 saturated heterocycles. The Bertz CT molecular complexity index is 1310. The van der Waals surface area contributed by atoms with Crippen LogP contribution in [0.4, 0.5) is 17.1 Å². The van der Waals surface area contributed by atoms with Crippen LogP contribution in [-0.4, -0.2) is 29.5 Å². The molecule has 182 valence electrons. The molecule has 3 aromatic carbocycles. The molecule has 1 aliphatic heterocycles. The van der Waals surface area contributed by atoms with Gasteiger partial charge in [-0.3, -0.25) is 9.59 Å². The molecule has 0 aliphatic carbocycles. The summed E-state index contributed by atoms with van der Waals surface area (Å²) in [4.78, 5) is 27.7. The first-order valence-electron chi connectivity index (χ1n) is 11.5. The molecule has 1 atom stereocenters. The molecule has 6 nitrogen and oxygen atoms in total. The third-order valence-corrected chi connectivity index (χ3v) is 7.30. The second-order valence-corrected chi connectivity index (χ2v) is 10.7. The van der Waals surface area contributed by atoms with Gasteiger partial charge in [-0.05, 0) is 55.7 Å². The summed E-state index contributed by atoms with van der Waals surface area (Å²) in [5.74, 6) is -0.556. The first-order chi connectivity index (χ1) is 16.5. The number of fused-ring (bicyclic) bond motifs is 1. The molecule has 0 fully saturated rings. The SMILES string of the molecule is CNc1ccc(Br)cc1C(=O)Nc1cc2c(cc1O)N(C(C)=O)C(C)(C)CC2(C)c1ccccc1. The van der Waals surface area contributed by atoms with E-state index in [0.29, 0.717) is 29.0 Å². The van der Waals surface area contributed by atoms with E-state index in [1.165, 1.54) is 6.92 Å². The van der Waals surface area contributed by atoms with E-state index >= 15 is 0 Å². The molecule has 0 bridgehead atoms. The first kappa shape index (κ1) is 24.8. The number of benzene rings is 3. The number of carbonyl (C=O) groups excluding carboxylic acids is 2. The van der Waals surface area contributed by atoms with Gasteiger partial charge >= 0.3 is 0 Å². The minimum absolute atomic E-state index is 0.0996. The van der Waals surface area contributed by atoms with Gasteiger partial charge in [-0.2, -0.15) is 0 Å². The molecule has 35 heavy (non-hydrogen) atoms. The van der Waals surface area contributed by atoms with Crippen molar-refractivity contribution in [1.82, 2.24) is 0 Å². The highest BCUT2D eigenvalue weighted by Gasteiger charge is 2.47. The third kappa shape index (κ3) is 4.41. The maximum atomic E-state index is 13.2. The van der Waals surface area contributed by atoms with Gasteiger partial charge in [0.15, 0.2) is 0 Å². The summed E-state index contributed by atoms with van der Waals surface area (Å²) in [5.41, 5.74) is 3.08. The highest BCUT2D eigenvalue weighted by atomic mass is 79.9. The highest BCUT2D eigenvalue weighted by molar-refractivity contribution is 9.10. The molecule has 1 heterocycles. The number of carbonyl (C=O) groups is 2. The smallest absolute Gasteiger partial charge is 0.257 e. The van der Waals surface area contributed by atoms with Gasteiger partial charge < -0.3 is 20.6 Å². The molecule has 3 aromatic rings. The molecule has 0 saturated carbocycles. The van der Waals surface area contributed by atoms with Gasteiger partial charge in [0.05, 0.1) is 16.9 Å². The lowest BCUT2D eigenvalue weighted by Crippen LogP contribution is -2.55. The number of phenols is 1. The second kappa shape index (κ2) is 9.04. The van der Waals surface area contributed by atoms with Gasteiger partial charge in [-0.1, -0.05) is 53.2 Å². The number of nitrogens with zero attached hydrogens (tertiary/aromatic N) is 1. The Kier molecular flexibility index (Phi) is 6.40. The van der Waals surface area contributed by atoms with E-state index in [9.17, 15) is 14.7 Å². The van der Waals surface area contributed by atoms with Crippen LogP contribution in [0.3, 0.4) is 0 Å². The summed E-state index contributed by atoms with van der Waals surface area (Å²) >= 11 is 3.42. The topological polar surface area (TPSA) is 81.7 Å². The van der Waals surface area contributed by atoms with Crippen molar-refractivity contribution in [3.8, 4) is 5.75 Å². The standard InChI is InChI=1S/C28H30BrN3O3/c1-17(33)32-24-15-25(34)23(31-26(35)20-13-19(29)11-12-22(20)30-5)14-21(24)28(4,16-27(32,2)3)18-9-7-6-8-10-18/h6-15,30,34H,16H2,1-5H3,(H,31,35). The summed E-state index contributed by atoms with van der Waals surface area (Å²) in [6.45, 7) is 7.77. The Labute approximate surface area is 214 Å². The van der Waals surface area contributed by atoms with Crippen molar-refractivity contribution < 1.29 is 14.7 Å². The number of rotatable bonds is 4. The molecule has 7 heteroatoms. The van der Waals surface area contributed by atoms with Crippen LogP contribution in [0.5, 0.6) is 5.75 Å². The van der Waals surface area contributed by atoms with Crippen molar-refractivity contribution in [1.29, 1.82) is 0 Å². The predicted octanol–water partition coefficient (Wildman–Crippen LogP) is 6.29. The quantitative estimate of drug-likeness (QED) is 0.343. The Hall–Kier alpha value is -3.32. The number of hydrogen-bond acceptors (Lipinski definition) is 4. The van der Waals surface area contributed by atoms with Crippen LogP contribution < -0.4 is 15.5 Å². The number of aromatic hydroxyl groups is 1. The van der Waals surface area contributed by atoms with Crippen molar-refractivity contribution in [2.45, 2.75) is 45.1 Å². The average molecular weight is 536 g/mol. The van der Waals surface area contributed by atoms with Crippen molar-refractivity contribution in [3.05, 3.63) is 81.8 Å². The van der Waals surface area contributed by atoms with E-state index in [1.54, 1.807) is 30.1 Å². The van der Waals surface area contributed by atoms with Crippen LogP contribution in [0.25, 0.3) is 0 Å². The Morgan fingerprint density at radius 1 is 1.00 bits per heavy atom. The Morgan fingerprint density at radius 3 is 2.31 bits per heavy atom. The summed E-state index contributed by atoms with van der Waals surface area (Å²) in [6, 6.07) is 18.9. The third-order valence-electron chi connectivity index (χ3n) is 6.81. The largest absolute Gasteiger partial charge is 0.506 e. The van der Waals surface area contributed by atoms with Gasteiger partial charge in [-0.15, -0.1) is 0 Å². The number of halogens is 1. The van der Waals surface area contributed by atoms with Crippen molar-refractivity contribution >= 4 is 44.8 Å². The van der Waals surface area contributed by atoms with Crippen LogP contribution in [0.1, 0.15) is 55.6 Å². The van der Waals surface area contributed by atoms with E-state index in [1.807, 2.05) is 44.2 Å². The molecule has 4 rings (SSSR count). The first-order valence-corrected chi connectivity index (χ1v) is 12.3. The van der Waals surface area contributed by atoms with Crippen LogP contribution in [0, 0.1) is 0 Å². The number of phenolic OH excluding ortho intramolecular Hbond substituents is 1. The van der Waals surface area contributed by atoms with E-state index < -0.39 is 11.0 Å². The Morgan fingerprint density at radius 2 is 1.69 bits per heavy atom. The van der Waals surface area contributed by atoms with Gasteiger partial charge in [0.2, 0.25) is 5.91 Å². The number of anilines is 3. The average Bonchev–Trinajstić information content (AvgIpc) is 2.79. The summed E-state index contributed by atoms with van der Waals surface area (Å²) < 4.78 is 0.771. The second-order valence-electron chi connectivity index (χ2n) is 9.82. The van der Waals surface area contributed by atoms with Crippen molar-refractivity contribution in [3.63, 3.8) is 0 Å². The van der Waals surface area contributed by atoms with Crippen LogP contribution >= 0.6 is 15.9 Å². The Balaban J connectivity index is 1.87. The van der Waals surface area contributed by atoms with Gasteiger partial charge in [0, 0.05) is 41.2 Å². The lowest BCUT2D eigenvalue weighted by atomic mass is 9.65. The lowest BCUT2D eigenvalue weighted by molar-refractivity contribution is -0.117. The molecular weight excluding hydrogens is 506 g/mol. The van der Waals surface area contributed by atoms with Gasteiger partial charge in [-0.25, -0.2) is 0 Å². The van der Waals surface area contributed by atoms with Gasteiger partial charge in [0.25, 0.3) is 5.91 Å². The molecule has 1 aliphatic rings. The van der Waals surface area contributed by atoms with Crippen LogP contribution in [-0.2, 0) is 10.2 Å². The predicted molar refractivity (Wildman–Crippen MR) is 145 cm³/mol. The fourth-order valence-electron chi connectivity index (χ4n) is 5.44. The molecule has 2 amide bonds. The zero-order valence-electron chi connectivity index (χ0n) is 20.6. The van der Waals surface area contributed by atoms with Gasteiger partial charge in [0.1, 0.15) is 5.75 Å². The fourth-order valence-corrected chi connectivity index (χ4v) is 5.80. The van der Waals surface area contributed by atoms with Crippen LogP contribution in [0.15, 0.2) is 65.1 Å². The maximum Gasteiger partial charge on any atom is 0.257 e. The zero-order valence-corrected chi connectivity index (χ0v) is 22.2. The van der Waals surface area contributed by atoms with E-state index in [4.69, 9.17) is 0 Å². The molecule has 3 N–H and O–H groups in total. The minimum atomic E-state index is -0.487. The number of nitrogens with one attached hydrogen (secondary N) is 2. The molecule has 0 aromatic heterocycles. The molecule has 1 unspecified atom stereocenters. The minimum Gasteiger partial charge on any atom is -0.506 e. The number of amides is 2. The van der Waals surface area contributed by atoms with E-state index in [-0.39, 0.29) is 17.6 Å². The monoisotopic (exact) mass is 535 g/mol. The van der Waals surface area contributed by atoms with Crippen molar-refractivity contribution in [2.75, 3.05) is 22.6 Å². The lowest BCUT2D eigenvalue weighted by Gasteiger charge is -2.51. The molecular formula is C28H30BrN3O3. The summed E-state index contributed by atoms with van der Waals surface area (Å²) in [7, 11) is 1.75. The molecule has 0 spiro atoms.